The molecule has 0 aromatic rings. The van der Waals surface area contributed by atoms with Crippen molar-refractivity contribution in [2.75, 3.05) is 6.54 Å². The molecule has 0 aliphatic heterocycles. The van der Waals surface area contributed by atoms with Gasteiger partial charge in [-0.1, -0.05) is 27.7 Å². The first kappa shape index (κ1) is 11.9. The SMILES string of the molecule is CCC(O)CNC(C)C(C)(C)C. The molecule has 0 heterocycles. The highest BCUT2D eigenvalue weighted by atomic mass is 16.3. The molecule has 2 unspecified atom stereocenters. The average Bonchev–Trinajstić information content (AvgIpc) is 1.97. The van der Waals surface area contributed by atoms with E-state index in [2.05, 4.69) is 33.0 Å². The smallest absolute Gasteiger partial charge is 0.0662 e. The van der Waals surface area contributed by atoms with Crippen molar-refractivity contribution in [3.05, 3.63) is 0 Å². The van der Waals surface area contributed by atoms with E-state index in [1.807, 2.05) is 6.92 Å². The average molecular weight is 173 g/mol. The number of aliphatic hydroxyl groups excluding tert-OH is 1. The van der Waals surface area contributed by atoms with Crippen LogP contribution in [-0.2, 0) is 0 Å². The Kier molecular flexibility index (Phi) is 4.80. The fraction of sp³-hybridized carbons (Fsp3) is 1.00. The Morgan fingerprint density at radius 3 is 2.17 bits per heavy atom. The quantitative estimate of drug-likeness (QED) is 0.679. The normalized spacial score (nSPS) is 17.5. The highest BCUT2D eigenvalue weighted by Crippen LogP contribution is 2.18. The fourth-order valence-electron chi connectivity index (χ4n) is 0.763. The van der Waals surface area contributed by atoms with Gasteiger partial charge < -0.3 is 10.4 Å². The largest absolute Gasteiger partial charge is 0.392 e. The van der Waals surface area contributed by atoms with Crippen LogP contribution in [0.3, 0.4) is 0 Å². The maximum absolute atomic E-state index is 9.31. The van der Waals surface area contributed by atoms with E-state index in [0.29, 0.717) is 12.6 Å². The van der Waals surface area contributed by atoms with Crippen LogP contribution < -0.4 is 5.32 Å². The first-order chi connectivity index (χ1) is 5.38. The van der Waals surface area contributed by atoms with E-state index < -0.39 is 0 Å². The van der Waals surface area contributed by atoms with Gasteiger partial charge in [0.05, 0.1) is 6.10 Å². The predicted molar refractivity (Wildman–Crippen MR) is 53.2 cm³/mol. The molecule has 0 aromatic carbocycles. The molecule has 0 aliphatic rings. The number of aliphatic hydroxyl groups is 1. The summed E-state index contributed by atoms with van der Waals surface area (Å²) < 4.78 is 0. The van der Waals surface area contributed by atoms with Gasteiger partial charge in [0, 0.05) is 12.6 Å². The standard InChI is InChI=1S/C10H23NO/c1-6-9(12)7-11-8(2)10(3,4)5/h8-9,11-12H,6-7H2,1-5H3. The lowest BCUT2D eigenvalue weighted by molar-refractivity contribution is 0.152. The van der Waals surface area contributed by atoms with Gasteiger partial charge in [-0.15, -0.1) is 0 Å². The van der Waals surface area contributed by atoms with Crippen LogP contribution in [-0.4, -0.2) is 23.8 Å². The van der Waals surface area contributed by atoms with Crippen LogP contribution in [0.25, 0.3) is 0 Å². The number of hydrogen-bond acceptors (Lipinski definition) is 2. The number of hydrogen-bond donors (Lipinski definition) is 2. The number of nitrogens with one attached hydrogen (secondary N) is 1. The minimum absolute atomic E-state index is 0.199. The summed E-state index contributed by atoms with van der Waals surface area (Å²) in [6.07, 6.45) is 0.624. The second-order valence-corrected chi connectivity index (χ2v) is 4.56. The van der Waals surface area contributed by atoms with E-state index in [9.17, 15) is 5.11 Å². The van der Waals surface area contributed by atoms with Gasteiger partial charge in [0.15, 0.2) is 0 Å². The summed E-state index contributed by atoms with van der Waals surface area (Å²) in [5, 5.41) is 12.6. The summed E-state index contributed by atoms with van der Waals surface area (Å²) >= 11 is 0. The molecule has 0 saturated heterocycles. The van der Waals surface area contributed by atoms with Gasteiger partial charge >= 0.3 is 0 Å². The van der Waals surface area contributed by atoms with Crippen molar-refractivity contribution in [3.63, 3.8) is 0 Å². The lowest BCUT2D eigenvalue weighted by Crippen LogP contribution is -2.41. The lowest BCUT2D eigenvalue weighted by atomic mass is 9.88. The van der Waals surface area contributed by atoms with E-state index in [1.165, 1.54) is 0 Å². The van der Waals surface area contributed by atoms with Crippen LogP contribution in [0.1, 0.15) is 41.0 Å². The highest BCUT2D eigenvalue weighted by molar-refractivity contribution is 4.76. The molecule has 2 heteroatoms. The summed E-state index contributed by atoms with van der Waals surface area (Å²) in [5.74, 6) is 0. The van der Waals surface area contributed by atoms with Crippen LogP contribution in [0.5, 0.6) is 0 Å². The molecule has 0 radical (unpaired) electrons. The molecular weight excluding hydrogens is 150 g/mol. The molecule has 0 aliphatic carbocycles. The summed E-state index contributed by atoms with van der Waals surface area (Å²) in [7, 11) is 0. The van der Waals surface area contributed by atoms with Gasteiger partial charge in [-0.25, -0.2) is 0 Å². The van der Waals surface area contributed by atoms with Crippen LogP contribution in [0.15, 0.2) is 0 Å². The minimum Gasteiger partial charge on any atom is -0.392 e. The van der Waals surface area contributed by atoms with Gasteiger partial charge in [0.2, 0.25) is 0 Å². The zero-order chi connectivity index (χ0) is 9.78. The Morgan fingerprint density at radius 1 is 1.33 bits per heavy atom. The first-order valence-electron chi connectivity index (χ1n) is 4.79. The number of rotatable bonds is 4. The van der Waals surface area contributed by atoms with Gasteiger partial charge in [-0.3, -0.25) is 0 Å². The predicted octanol–water partition coefficient (Wildman–Crippen LogP) is 1.78. The maximum Gasteiger partial charge on any atom is 0.0662 e. The molecule has 2 nitrogen and oxygen atoms in total. The molecule has 0 spiro atoms. The molecule has 0 amide bonds. The Hall–Kier alpha value is -0.0800. The molecule has 0 bridgehead atoms. The molecule has 2 atom stereocenters. The second-order valence-electron chi connectivity index (χ2n) is 4.56. The Morgan fingerprint density at radius 2 is 1.83 bits per heavy atom. The van der Waals surface area contributed by atoms with Gasteiger partial charge in [-0.2, -0.15) is 0 Å². The van der Waals surface area contributed by atoms with Crippen LogP contribution in [0.2, 0.25) is 0 Å². The van der Waals surface area contributed by atoms with Crippen LogP contribution in [0.4, 0.5) is 0 Å². The molecule has 0 aromatic heterocycles. The van der Waals surface area contributed by atoms with Gasteiger partial charge in [-0.05, 0) is 18.8 Å². The molecule has 0 saturated carbocycles. The van der Waals surface area contributed by atoms with Crippen molar-refractivity contribution in [1.29, 1.82) is 0 Å². The van der Waals surface area contributed by atoms with Gasteiger partial charge in [0.1, 0.15) is 0 Å². The molecule has 74 valence electrons. The van der Waals surface area contributed by atoms with Crippen molar-refractivity contribution < 1.29 is 5.11 Å². The summed E-state index contributed by atoms with van der Waals surface area (Å²) in [5.41, 5.74) is 0.271. The summed E-state index contributed by atoms with van der Waals surface area (Å²) in [6, 6.07) is 0.443. The van der Waals surface area contributed by atoms with Crippen LogP contribution >= 0.6 is 0 Å². The molecule has 0 rings (SSSR count). The van der Waals surface area contributed by atoms with E-state index >= 15 is 0 Å². The van der Waals surface area contributed by atoms with E-state index in [0.717, 1.165) is 6.42 Å². The third kappa shape index (κ3) is 4.73. The van der Waals surface area contributed by atoms with Crippen molar-refractivity contribution in [2.45, 2.75) is 53.2 Å². The molecular formula is C10H23NO. The second kappa shape index (κ2) is 4.83. The zero-order valence-corrected chi connectivity index (χ0v) is 9.02. The topological polar surface area (TPSA) is 32.3 Å². The maximum atomic E-state index is 9.31. The van der Waals surface area contributed by atoms with Crippen molar-refractivity contribution in [3.8, 4) is 0 Å². The molecule has 12 heavy (non-hydrogen) atoms. The first-order valence-corrected chi connectivity index (χ1v) is 4.79. The van der Waals surface area contributed by atoms with E-state index in [1.54, 1.807) is 0 Å². The monoisotopic (exact) mass is 173 g/mol. The van der Waals surface area contributed by atoms with Crippen molar-refractivity contribution >= 4 is 0 Å². The third-order valence-electron chi connectivity index (χ3n) is 2.43. The van der Waals surface area contributed by atoms with E-state index in [-0.39, 0.29) is 11.5 Å². The Balaban J connectivity index is 3.64. The van der Waals surface area contributed by atoms with Crippen LogP contribution in [0, 0.1) is 5.41 Å². The molecule has 0 fully saturated rings. The summed E-state index contributed by atoms with van der Waals surface area (Å²) in [6.45, 7) is 11.4. The highest BCUT2D eigenvalue weighted by Gasteiger charge is 2.19. The van der Waals surface area contributed by atoms with E-state index in [4.69, 9.17) is 0 Å². The van der Waals surface area contributed by atoms with Crippen molar-refractivity contribution in [2.24, 2.45) is 5.41 Å². The molecule has 2 N–H and O–H groups in total. The van der Waals surface area contributed by atoms with Gasteiger partial charge in [0.25, 0.3) is 0 Å². The van der Waals surface area contributed by atoms with Crippen molar-refractivity contribution in [1.82, 2.24) is 5.32 Å². The third-order valence-corrected chi connectivity index (χ3v) is 2.43. The summed E-state index contributed by atoms with van der Waals surface area (Å²) in [4.78, 5) is 0. The minimum atomic E-state index is -0.199. The Bertz CT molecular complexity index is 117. The fourth-order valence-corrected chi connectivity index (χ4v) is 0.763. The lowest BCUT2D eigenvalue weighted by Gasteiger charge is -2.29. The Labute approximate surface area is 76.4 Å². The zero-order valence-electron chi connectivity index (χ0n) is 9.02.